The number of carbonyl (C=O) groups is 1. The quantitative estimate of drug-likeness (QED) is 0.850. The average molecular weight is 385 g/mol. The van der Waals surface area contributed by atoms with Gasteiger partial charge in [-0.3, -0.25) is 4.79 Å². The lowest BCUT2D eigenvalue weighted by Gasteiger charge is -2.28. The SMILES string of the molecule is O=C(Nc1ccc(Cl)c(C(F)(F)F)c1)c1ccc(N2CCOCC2)cc1. The minimum absolute atomic E-state index is 0.0315. The highest BCUT2D eigenvalue weighted by atomic mass is 35.5. The predicted molar refractivity (Wildman–Crippen MR) is 93.9 cm³/mol. The molecule has 1 aliphatic rings. The number of amides is 1. The normalized spacial score (nSPS) is 15.0. The summed E-state index contributed by atoms with van der Waals surface area (Å²) in [4.78, 5) is 14.4. The van der Waals surface area contributed by atoms with E-state index in [-0.39, 0.29) is 5.69 Å². The van der Waals surface area contributed by atoms with Gasteiger partial charge in [-0.05, 0) is 42.5 Å². The minimum Gasteiger partial charge on any atom is -0.378 e. The minimum atomic E-state index is -4.59. The first-order valence-electron chi connectivity index (χ1n) is 7.95. The average Bonchev–Trinajstić information content (AvgIpc) is 2.63. The van der Waals surface area contributed by atoms with Crippen LogP contribution in [0.2, 0.25) is 5.02 Å². The molecule has 8 heteroatoms. The van der Waals surface area contributed by atoms with E-state index in [1.807, 2.05) is 12.1 Å². The van der Waals surface area contributed by atoms with Crippen molar-refractivity contribution in [3.8, 4) is 0 Å². The Bertz CT molecular complexity index is 788. The van der Waals surface area contributed by atoms with E-state index < -0.39 is 22.7 Å². The van der Waals surface area contributed by atoms with E-state index in [4.69, 9.17) is 16.3 Å². The molecule has 1 saturated heterocycles. The number of benzene rings is 2. The Kier molecular flexibility index (Phi) is 5.38. The molecule has 1 heterocycles. The van der Waals surface area contributed by atoms with Crippen molar-refractivity contribution in [1.82, 2.24) is 0 Å². The Morgan fingerprint density at radius 2 is 1.73 bits per heavy atom. The second kappa shape index (κ2) is 7.55. The molecule has 0 saturated carbocycles. The van der Waals surface area contributed by atoms with E-state index in [1.54, 1.807) is 12.1 Å². The van der Waals surface area contributed by atoms with E-state index in [2.05, 4.69) is 10.2 Å². The lowest BCUT2D eigenvalue weighted by Crippen LogP contribution is -2.36. The fraction of sp³-hybridized carbons (Fsp3) is 0.278. The van der Waals surface area contributed by atoms with Gasteiger partial charge in [0, 0.05) is 30.0 Å². The van der Waals surface area contributed by atoms with Gasteiger partial charge in [0.05, 0.1) is 23.8 Å². The van der Waals surface area contributed by atoms with Gasteiger partial charge < -0.3 is 15.0 Å². The number of anilines is 2. The first-order chi connectivity index (χ1) is 12.3. The first kappa shape index (κ1) is 18.5. The van der Waals surface area contributed by atoms with Crippen LogP contribution in [0.5, 0.6) is 0 Å². The van der Waals surface area contributed by atoms with E-state index >= 15 is 0 Å². The smallest absolute Gasteiger partial charge is 0.378 e. The summed E-state index contributed by atoms with van der Waals surface area (Å²) >= 11 is 5.58. The van der Waals surface area contributed by atoms with Gasteiger partial charge in [0.1, 0.15) is 0 Å². The highest BCUT2D eigenvalue weighted by molar-refractivity contribution is 6.31. The van der Waals surface area contributed by atoms with E-state index in [9.17, 15) is 18.0 Å². The predicted octanol–water partition coefficient (Wildman–Crippen LogP) is 4.45. The first-order valence-corrected chi connectivity index (χ1v) is 8.33. The molecule has 1 aliphatic heterocycles. The Morgan fingerprint density at radius 3 is 2.35 bits per heavy atom. The van der Waals surface area contributed by atoms with Crippen molar-refractivity contribution in [2.24, 2.45) is 0 Å². The zero-order valence-corrected chi connectivity index (χ0v) is 14.4. The van der Waals surface area contributed by atoms with Crippen molar-refractivity contribution in [2.75, 3.05) is 36.5 Å². The van der Waals surface area contributed by atoms with Crippen LogP contribution in [-0.4, -0.2) is 32.2 Å². The zero-order chi connectivity index (χ0) is 18.7. The maximum absolute atomic E-state index is 12.9. The summed E-state index contributed by atoms with van der Waals surface area (Å²) in [6.07, 6.45) is -4.59. The van der Waals surface area contributed by atoms with Gasteiger partial charge in [0.25, 0.3) is 5.91 Å². The molecule has 1 fully saturated rings. The third-order valence-electron chi connectivity index (χ3n) is 4.04. The van der Waals surface area contributed by atoms with Crippen LogP contribution in [0.15, 0.2) is 42.5 Å². The number of carbonyl (C=O) groups excluding carboxylic acids is 1. The summed E-state index contributed by atoms with van der Waals surface area (Å²) in [6.45, 7) is 2.85. The summed E-state index contributed by atoms with van der Waals surface area (Å²) in [7, 11) is 0. The Morgan fingerprint density at radius 1 is 1.08 bits per heavy atom. The van der Waals surface area contributed by atoms with Crippen LogP contribution >= 0.6 is 11.6 Å². The lowest BCUT2D eigenvalue weighted by atomic mass is 10.1. The summed E-state index contributed by atoms with van der Waals surface area (Å²) in [5.41, 5.74) is 0.366. The standard InChI is InChI=1S/C18H16ClF3N2O2/c19-16-6-3-13(11-15(16)18(20,21)22)23-17(25)12-1-4-14(5-2-12)24-7-9-26-10-8-24/h1-6,11H,7-10H2,(H,23,25). The largest absolute Gasteiger partial charge is 0.417 e. The Balaban J connectivity index is 1.72. The van der Waals surface area contributed by atoms with Gasteiger partial charge in [-0.25, -0.2) is 0 Å². The second-order valence-corrected chi connectivity index (χ2v) is 6.20. The Hall–Kier alpha value is -2.25. The molecule has 1 amide bonds. The molecule has 2 aromatic carbocycles. The topological polar surface area (TPSA) is 41.6 Å². The van der Waals surface area contributed by atoms with Crippen molar-refractivity contribution in [3.63, 3.8) is 0 Å². The van der Waals surface area contributed by atoms with Crippen molar-refractivity contribution in [3.05, 3.63) is 58.6 Å². The lowest BCUT2D eigenvalue weighted by molar-refractivity contribution is -0.137. The number of ether oxygens (including phenoxy) is 1. The molecule has 1 N–H and O–H groups in total. The molecular formula is C18H16ClF3N2O2. The number of hydrogen-bond acceptors (Lipinski definition) is 3. The van der Waals surface area contributed by atoms with Crippen molar-refractivity contribution < 1.29 is 22.7 Å². The van der Waals surface area contributed by atoms with Crippen molar-refractivity contribution in [2.45, 2.75) is 6.18 Å². The van der Waals surface area contributed by atoms with Crippen LogP contribution in [0.4, 0.5) is 24.5 Å². The molecule has 0 bridgehead atoms. The molecule has 0 atom stereocenters. The van der Waals surface area contributed by atoms with E-state index in [0.29, 0.717) is 18.8 Å². The fourth-order valence-electron chi connectivity index (χ4n) is 2.67. The highest BCUT2D eigenvalue weighted by Crippen LogP contribution is 2.36. The number of halogens is 4. The van der Waals surface area contributed by atoms with Crippen LogP contribution in [0.25, 0.3) is 0 Å². The molecular weight excluding hydrogens is 369 g/mol. The molecule has 0 aliphatic carbocycles. The molecule has 2 aromatic rings. The van der Waals surface area contributed by atoms with E-state index in [1.165, 1.54) is 6.07 Å². The van der Waals surface area contributed by atoms with E-state index in [0.717, 1.165) is 30.9 Å². The zero-order valence-electron chi connectivity index (χ0n) is 13.6. The van der Waals surface area contributed by atoms with Crippen LogP contribution in [0, 0.1) is 0 Å². The maximum atomic E-state index is 12.9. The van der Waals surface area contributed by atoms with Gasteiger partial charge >= 0.3 is 6.18 Å². The summed E-state index contributed by atoms with van der Waals surface area (Å²) in [5, 5.41) is 2.05. The van der Waals surface area contributed by atoms with Crippen LogP contribution in [0.3, 0.4) is 0 Å². The molecule has 4 nitrogen and oxygen atoms in total. The second-order valence-electron chi connectivity index (χ2n) is 5.79. The van der Waals surface area contributed by atoms with Gasteiger partial charge in [-0.15, -0.1) is 0 Å². The Labute approximate surface area is 153 Å². The van der Waals surface area contributed by atoms with Gasteiger partial charge in [0.2, 0.25) is 0 Å². The van der Waals surface area contributed by atoms with Crippen molar-refractivity contribution >= 4 is 28.9 Å². The number of alkyl halides is 3. The molecule has 0 aromatic heterocycles. The summed E-state index contributed by atoms with van der Waals surface area (Å²) < 4.78 is 44.0. The van der Waals surface area contributed by atoms with Gasteiger partial charge in [0.15, 0.2) is 0 Å². The summed E-state index contributed by atoms with van der Waals surface area (Å²) in [5.74, 6) is -0.492. The third-order valence-corrected chi connectivity index (χ3v) is 4.36. The highest BCUT2D eigenvalue weighted by Gasteiger charge is 2.33. The number of nitrogens with zero attached hydrogens (tertiary/aromatic N) is 1. The van der Waals surface area contributed by atoms with Crippen LogP contribution in [0.1, 0.15) is 15.9 Å². The number of nitrogens with one attached hydrogen (secondary N) is 1. The molecule has 0 radical (unpaired) electrons. The molecule has 26 heavy (non-hydrogen) atoms. The fourth-order valence-corrected chi connectivity index (χ4v) is 2.89. The van der Waals surface area contributed by atoms with Gasteiger partial charge in [-0.2, -0.15) is 13.2 Å². The number of morpholine rings is 1. The molecule has 3 rings (SSSR count). The monoisotopic (exact) mass is 384 g/mol. The summed E-state index contributed by atoms with van der Waals surface area (Å²) in [6, 6.07) is 10.2. The van der Waals surface area contributed by atoms with Crippen LogP contribution in [-0.2, 0) is 10.9 Å². The van der Waals surface area contributed by atoms with Crippen LogP contribution < -0.4 is 10.2 Å². The number of hydrogen-bond donors (Lipinski definition) is 1. The molecule has 0 spiro atoms. The maximum Gasteiger partial charge on any atom is 0.417 e. The molecule has 0 unspecified atom stereocenters. The third kappa shape index (κ3) is 4.28. The number of rotatable bonds is 3. The molecule has 138 valence electrons. The van der Waals surface area contributed by atoms with Crippen molar-refractivity contribution in [1.29, 1.82) is 0 Å². The van der Waals surface area contributed by atoms with Gasteiger partial charge in [-0.1, -0.05) is 11.6 Å².